The van der Waals surface area contributed by atoms with E-state index in [2.05, 4.69) is 80.7 Å². The second-order valence-electron chi connectivity index (χ2n) is 10.3. The van der Waals surface area contributed by atoms with E-state index < -0.39 is 0 Å². The molecule has 0 bridgehead atoms. The third kappa shape index (κ3) is 6.10. The van der Waals surface area contributed by atoms with Crippen LogP contribution < -0.4 is 16.0 Å². The smallest absolute Gasteiger partial charge is 0.256 e. The van der Waals surface area contributed by atoms with Crippen molar-refractivity contribution in [2.24, 2.45) is 0 Å². The van der Waals surface area contributed by atoms with Crippen molar-refractivity contribution in [3.8, 4) is 0 Å². The predicted molar refractivity (Wildman–Crippen MR) is 141 cm³/mol. The molecular formula is C26H36N8O. The molecule has 0 saturated carbocycles. The lowest BCUT2D eigenvalue weighted by molar-refractivity contribution is 0.0943. The Morgan fingerprint density at radius 3 is 2.57 bits per heavy atom. The number of anilines is 4. The van der Waals surface area contributed by atoms with E-state index in [1.54, 1.807) is 6.20 Å². The summed E-state index contributed by atoms with van der Waals surface area (Å²) in [6.45, 7) is 12.1. The zero-order valence-electron chi connectivity index (χ0n) is 21.3. The van der Waals surface area contributed by atoms with Crippen molar-refractivity contribution in [2.75, 3.05) is 24.2 Å². The summed E-state index contributed by atoms with van der Waals surface area (Å²) in [6.07, 6.45) is 4.23. The number of aromatic nitrogens is 4. The second-order valence-corrected chi connectivity index (χ2v) is 10.3. The van der Waals surface area contributed by atoms with Crippen LogP contribution >= 0.6 is 0 Å². The summed E-state index contributed by atoms with van der Waals surface area (Å²) in [5.74, 6) is 0.831. The van der Waals surface area contributed by atoms with Crippen molar-refractivity contribution in [1.82, 2.24) is 30.2 Å². The fourth-order valence-corrected chi connectivity index (χ4v) is 3.89. The molecule has 1 aliphatic heterocycles. The monoisotopic (exact) mass is 476 g/mol. The minimum atomic E-state index is -0.265. The van der Waals surface area contributed by atoms with E-state index >= 15 is 0 Å². The van der Waals surface area contributed by atoms with Crippen LogP contribution in [-0.2, 0) is 18.4 Å². The molecule has 3 aromatic rings. The molecule has 1 aliphatic rings. The van der Waals surface area contributed by atoms with Crippen LogP contribution in [0.3, 0.4) is 0 Å². The van der Waals surface area contributed by atoms with Gasteiger partial charge in [0.15, 0.2) is 5.82 Å². The third-order valence-corrected chi connectivity index (χ3v) is 5.77. The van der Waals surface area contributed by atoms with Crippen molar-refractivity contribution in [3.63, 3.8) is 0 Å². The quantitative estimate of drug-likeness (QED) is 0.480. The van der Waals surface area contributed by atoms with E-state index in [-0.39, 0.29) is 18.8 Å². The van der Waals surface area contributed by atoms with Crippen LogP contribution in [0.25, 0.3) is 0 Å². The van der Waals surface area contributed by atoms with Crippen LogP contribution in [0.4, 0.5) is 23.4 Å². The summed E-state index contributed by atoms with van der Waals surface area (Å²) in [5, 5.41) is 9.33. The van der Waals surface area contributed by atoms with Crippen LogP contribution in [-0.4, -0.2) is 50.4 Å². The molecule has 3 heterocycles. The van der Waals surface area contributed by atoms with E-state index in [4.69, 9.17) is 0 Å². The molecule has 3 N–H and O–H groups in total. The first-order valence-electron chi connectivity index (χ1n) is 11.9. The normalized spacial score (nSPS) is 13.9. The molecular weight excluding hydrogens is 440 g/mol. The Bertz CT molecular complexity index is 1220. The number of hydrogen-bond acceptors (Lipinski definition) is 8. The van der Waals surface area contributed by atoms with Crippen LogP contribution in [0.1, 0.15) is 63.2 Å². The average Bonchev–Trinajstić information content (AvgIpc) is 2.78. The average molecular weight is 477 g/mol. The number of carbonyl (C=O) groups excluding carboxylic acids is 1. The number of benzene rings is 1. The summed E-state index contributed by atoms with van der Waals surface area (Å²) in [5.41, 5.74) is 4.63. The summed E-state index contributed by atoms with van der Waals surface area (Å²) in [6, 6.07) is 8.18. The molecule has 9 nitrogen and oxygen atoms in total. The Hall–Kier alpha value is -3.59. The number of carbonyl (C=O) groups is 1. The zero-order valence-corrected chi connectivity index (χ0v) is 21.3. The van der Waals surface area contributed by atoms with Gasteiger partial charge in [-0.15, -0.1) is 0 Å². The Morgan fingerprint density at radius 2 is 1.83 bits per heavy atom. The Morgan fingerprint density at radius 1 is 1.06 bits per heavy atom. The molecule has 0 fully saturated rings. The van der Waals surface area contributed by atoms with Gasteiger partial charge in [-0.3, -0.25) is 4.79 Å². The number of likely N-dealkylation sites (N-methyl/N-ethyl adjacent to an activating group) is 1. The van der Waals surface area contributed by atoms with E-state index in [1.165, 1.54) is 17.3 Å². The van der Waals surface area contributed by atoms with Gasteiger partial charge in [0.2, 0.25) is 11.9 Å². The van der Waals surface area contributed by atoms with Crippen molar-refractivity contribution < 1.29 is 6.22 Å². The highest BCUT2D eigenvalue weighted by atomic mass is 16.1. The molecule has 0 atom stereocenters. The lowest BCUT2D eigenvalue weighted by atomic mass is 9.92. The highest BCUT2D eigenvalue weighted by molar-refractivity contribution is 5.99. The van der Waals surface area contributed by atoms with Crippen LogP contribution in [0.15, 0.2) is 36.7 Å². The summed E-state index contributed by atoms with van der Waals surface area (Å²) >= 11 is 0. The molecule has 0 unspecified atom stereocenters. The molecule has 0 aliphatic carbocycles. The molecule has 2 aromatic heterocycles. The molecule has 186 valence electrons. The van der Waals surface area contributed by atoms with E-state index in [0.717, 1.165) is 30.9 Å². The Balaban J connectivity index is 0.00000361. The van der Waals surface area contributed by atoms with Gasteiger partial charge in [0.25, 0.3) is 5.91 Å². The van der Waals surface area contributed by atoms with Crippen molar-refractivity contribution >= 4 is 29.3 Å². The van der Waals surface area contributed by atoms with Crippen LogP contribution in [0.2, 0.25) is 0 Å². The summed E-state index contributed by atoms with van der Waals surface area (Å²) < 4.78 is 0. The van der Waals surface area contributed by atoms with Crippen LogP contribution in [0.5, 0.6) is 0 Å². The molecule has 0 spiro atoms. The predicted octanol–water partition coefficient (Wildman–Crippen LogP) is 4.42. The lowest BCUT2D eigenvalue weighted by Crippen LogP contribution is -2.31. The maximum Gasteiger partial charge on any atom is 0.256 e. The first kappa shape index (κ1) is 24.5. The highest BCUT2D eigenvalue weighted by Crippen LogP contribution is 2.26. The number of nitrogens with zero attached hydrogens (tertiary/aromatic N) is 5. The minimum Gasteiger partial charge on any atom is -0.350 e. The fraction of sp³-hybridized carbons (Fsp3) is 0.423. The Labute approximate surface area is 208 Å². The van der Waals surface area contributed by atoms with Gasteiger partial charge >= 0.3 is 0 Å². The highest BCUT2D eigenvalue weighted by Gasteiger charge is 2.20. The number of nitrogens with one attached hydrogen (secondary N) is 3. The zero-order chi connectivity index (χ0) is 25.2. The topological polar surface area (TPSA) is 108 Å². The lowest BCUT2D eigenvalue weighted by Gasteiger charge is -2.25. The van der Waals surface area contributed by atoms with Crippen molar-refractivity contribution in [2.45, 2.75) is 59.0 Å². The Kier molecular flexibility index (Phi) is 6.98. The van der Waals surface area contributed by atoms with Gasteiger partial charge in [-0.25, -0.2) is 15.0 Å². The number of fused-ring (bicyclic) bond motifs is 1. The first-order valence-corrected chi connectivity index (χ1v) is 11.9. The summed E-state index contributed by atoms with van der Waals surface area (Å²) in [4.78, 5) is 33.2. The van der Waals surface area contributed by atoms with Gasteiger partial charge in [-0.1, -0.05) is 26.8 Å². The maximum atomic E-state index is 12.9. The SMILES string of the molecule is CC(C)NC(=O)c1cnc(Nc2ccc3c(c2)CCN(C)C3)nc1Nc1nccc(C(C)(C)C)n1.[HH]. The van der Waals surface area contributed by atoms with E-state index in [1.807, 2.05) is 26.0 Å². The number of hydrogen-bond donors (Lipinski definition) is 3. The van der Waals surface area contributed by atoms with Crippen molar-refractivity contribution in [3.05, 3.63) is 59.0 Å². The minimum absolute atomic E-state index is 0. The largest absolute Gasteiger partial charge is 0.350 e. The van der Waals surface area contributed by atoms with Gasteiger partial charge in [0.05, 0.1) is 5.69 Å². The summed E-state index contributed by atoms with van der Waals surface area (Å²) in [7, 11) is 2.13. The molecule has 9 heteroatoms. The van der Waals surface area contributed by atoms with E-state index in [0.29, 0.717) is 23.3 Å². The molecule has 4 rings (SSSR count). The number of rotatable bonds is 6. The molecule has 0 saturated heterocycles. The standard InChI is InChI=1S/C26H34N8O.H2/c1-16(2)29-23(35)20-14-28-25(30-19-8-7-18-15-34(6)12-10-17(18)13-19)33-22(20)32-24-27-11-9-21(31-24)26(3,4)5;/h7-9,11,13-14,16H,10,12,15H2,1-6H3,(H,29,35)(H2,27,28,30,31,32,33);1H. The van der Waals surface area contributed by atoms with Gasteiger partial charge < -0.3 is 20.9 Å². The molecule has 0 radical (unpaired) electrons. The molecule has 1 amide bonds. The van der Waals surface area contributed by atoms with Crippen molar-refractivity contribution in [1.29, 1.82) is 0 Å². The third-order valence-electron chi connectivity index (χ3n) is 5.77. The maximum absolute atomic E-state index is 12.9. The molecule has 1 aromatic carbocycles. The first-order chi connectivity index (χ1) is 16.6. The number of amides is 1. The second kappa shape index (κ2) is 9.95. The van der Waals surface area contributed by atoms with Crippen LogP contribution in [0, 0.1) is 0 Å². The van der Waals surface area contributed by atoms with Gasteiger partial charge in [-0.05, 0) is 56.6 Å². The van der Waals surface area contributed by atoms with Gasteiger partial charge in [-0.2, -0.15) is 4.98 Å². The van der Waals surface area contributed by atoms with Gasteiger partial charge in [0, 0.05) is 44.1 Å². The van der Waals surface area contributed by atoms with Gasteiger partial charge in [0.1, 0.15) is 5.56 Å². The van der Waals surface area contributed by atoms with E-state index in [9.17, 15) is 4.79 Å². The fourth-order valence-electron chi connectivity index (χ4n) is 3.89. The molecule has 35 heavy (non-hydrogen) atoms.